The lowest BCUT2D eigenvalue weighted by Gasteiger charge is -2.15. The standard InChI is InChI=1S/C11H26N2/c1-9(2)6-5-7-11(12)8-13-10(3)4/h9-11,13H,5-8,12H2,1-4H3. The Morgan fingerprint density at radius 2 is 1.69 bits per heavy atom. The van der Waals surface area contributed by atoms with E-state index in [9.17, 15) is 0 Å². The van der Waals surface area contributed by atoms with Gasteiger partial charge in [-0.25, -0.2) is 0 Å². The first kappa shape index (κ1) is 12.9. The van der Waals surface area contributed by atoms with E-state index in [1.165, 1.54) is 12.8 Å². The highest BCUT2D eigenvalue weighted by Crippen LogP contribution is 2.07. The van der Waals surface area contributed by atoms with Gasteiger partial charge in [-0.15, -0.1) is 0 Å². The molecule has 0 aliphatic carbocycles. The molecule has 0 aromatic heterocycles. The van der Waals surface area contributed by atoms with Crippen LogP contribution in [-0.2, 0) is 0 Å². The van der Waals surface area contributed by atoms with Gasteiger partial charge in [0, 0.05) is 18.6 Å². The molecule has 0 heterocycles. The Balaban J connectivity index is 3.25. The quantitative estimate of drug-likeness (QED) is 0.639. The summed E-state index contributed by atoms with van der Waals surface area (Å²) in [6, 6.07) is 0.886. The Kier molecular flexibility index (Phi) is 7.29. The van der Waals surface area contributed by atoms with E-state index in [1.807, 2.05) is 0 Å². The van der Waals surface area contributed by atoms with Crippen molar-refractivity contribution in [3.63, 3.8) is 0 Å². The van der Waals surface area contributed by atoms with Crippen molar-refractivity contribution in [2.24, 2.45) is 11.7 Å². The van der Waals surface area contributed by atoms with Gasteiger partial charge in [-0.3, -0.25) is 0 Å². The molecule has 0 aromatic rings. The largest absolute Gasteiger partial charge is 0.327 e. The van der Waals surface area contributed by atoms with E-state index < -0.39 is 0 Å². The number of rotatable bonds is 7. The maximum atomic E-state index is 5.95. The third-order valence-electron chi connectivity index (χ3n) is 2.14. The summed E-state index contributed by atoms with van der Waals surface area (Å²) < 4.78 is 0. The molecule has 1 unspecified atom stereocenters. The van der Waals surface area contributed by atoms with Gasteiger partial charge in [0.25, 0.3) is 0 Å². The lowest BCUT2D eigenvalue weighted by Crippen LogP contribution is -2.37. The molecule has 0 rings (SSSR count). The summed E-state index contributed by atoms with van der Waals surface area (Å²) in [5.41, 5.74) is 5.95. The fourth-order valence-corrected chi connectivity index (χ4v) is 1.28. The first-order chi connectivity index (χ1) is 6.02. The third kappa shape index (κ3) is 9.84. The Hall–Kier alpha value is -0.0800. The molecule has 1 atom stereocenters. The number of nitrogens with one attached hydrogen (secondary N) is 1. The summed E-state index contributed by atoms with van der Waals surface area (Å²) in [7, 11) is 0. The normalized spacial score (nSPS) is 14.1. The van der Waals surface area contributed by atoms with Crippen LogP contribution in [0.3, 0.4) is 0 Å². The van der Waals surface area contributed by atoms with Gasteiger partial charge in [-0.1, -0.05) is 40.5 Å². The fourth-order valence-electron chi connectivity index (χ4n) is 1.28. The highest BCUT2D eigenvalue weighted by molar-refractivity contribution is 4.66. The third-order valence-corrected chi connectivity index (χ3v) is 2.14. The molecule has 0 saturated carbocycles. The Morgan fingerprint density at radius 1 is 1.08 bits per heavy atom. The van der Waals surface area contributed by atoms with Crippen LogP contribution < -0.4 is 11.1 Å². The molecule has 0 aliphatic rings. The van der Waals surface area contributed by atoms with Crippen LogP contribution in [0.2, 0.25) is 0 Å². The van der Waals surface area contributed by atoms with Gasteiger partial charge in [0.05, 0.1) is 0 Å². The summed E-state index contributed by atoms with van der Waals surface area (Å²) >= 11 is 0. The van der Waals surface area contributed by atoms with Gasteiger partial charge in [0.15, 0.2) is 0 Å². The van der Waals surface area contributed by atoms with E-state index in [-0.39, 0.29) is 0 Å². The lowest BCUT2D eigenvalue weighted by atomic mass is 10.0. The van der Waals surface area contributed by atoms with Gasteiger partial charge in [-0.2, -0.15) is 0 Å². The predicted molar refractivity (Wildman–Crippen MR) is 59.8 cm³/mol. The van der Waals surface area contributed by atoms with E-state index in [1.54, 1.807) is 0 Å². The van der Waals surface area contributed by atoms with Gasteiger partial charge in [-0.05, 0) is 12.3 Å². The molecule has 0 radical (unpaired) electrons. The van der Waals surface area contributed by atoms with Crippen LogP contribution in [0, 0.1) is 5.92 Å². The number of nitrogens with two attached hydrogens (primary N) is 1. The minimum atomic E-state index is 0.334. The topological polar surface area (TPSA) is 38.0 Å². The molecule has 0 fully saturated rings. The monoisotopic (exact) mass is 186 g/mol. The molecule has 2 heteroatoms. The van der Waals surface area contributed by atoms with E-state index >= 15 is 0 Å². The van der Waals surface area contributed by atoms with E-state index in [2.05, 4.69) is 33.0 Å². The zero-order valence-corrected chi connectivity index (χ0v) is 9.64. The number of hydrogen-bond acceptors (Lipinski definition) is 2. The minimum absolute atomic E-state index is 0.334. The van der Waals surface area contributed by atoms with Crippen LogP contribution in [0.25, 0.3) is 0 Å². The van der Waals surface area contributed by atoms with Crippen molar-refractivity contribution in [3.8, 4) is 0 Å². The molecule has 0 bridgehead atoms. The first-order valence-electron chi connectivity index (χ1n) is 5.51. The zero-order valence-electron chi connectivity index (χ0n) is 9.64. The van der Waals surface area contributed by atoms with Crippen LogP contribution in [-0.4, -0.2) is 18.6 Å². The highest BCUT2D eigenvalue weighted by atomic mass is 14.9. The average molecular weight is 186 g/mol. The molecule has 2 nitrogen and oxygen atoms in total. The molecule has 0 spiro atoms. The molecule has 13 heavy (non-hydrogen) atoms. The summed E-state index contributed by atoms with van der Waals surface area (Å²) in [6.07, 6.45) is 3.71. The molecule has 0 amide bonds. The predicted octanol–water partition coefficient (Wildman–Crippen LogP) is 2.14. The van der Waals surface area contributed by atoms with Gasteiger partial charge >= 0.3 is 0 Å². The summed E-state index contributed by atoms with van der Waals surface area (Å²) in [6.45, 7) is 9.78. The summed E-state index contributed by atoms with van der Waals surface area (Å²) in [5.74, 6) is 0.810. The minimum Gasteiger partial charge on any atom is -0.327 e. The summed E-state index contributed by atoms with van der Waals surface area (Å²) in [4.78, 5) is 0. The SMILES string of the molecule is CC(C)CCCC(N)CNC(C)C. The van der Waals surface area contributed by atoms with Gasteiger partial charge in [0.2, 0.25) is 0 Å². The van der Waals surface area contributed by atoms with Crippen LogP contribution in [0.4, 0.5) is 0 Å². The van der Waals surface area contributed by atoms with Crippen molar-refractivity contribution in [1.82, 2.24) is 5.32 Å². The molecule has 0 aliphatic heterocycles. The smallest absolute Gasteiger partial charge is 0.0165 e. The number of hydrogen-bond donors (Lipinski definition) is 2. The first-order valence-corrected chi connectivity index (χ1v) is 5.51. The van der Waals surface area contributed by atoms with Crippen molar-refractivity contribution in [1.29, 1.82) is 0 Å². The van der Waals surface area contributed by atoms with Crippen molar-refractivity contribution in [2.45, 2.75) is 59.0 Å². The van der Waals surface area contributed by atoms with Crippen molar-refractivity contribution in [3.05, 3.63) is 0 Å². The second kappa shape index (κ2) is 7.34. The summed E-state index contributed by atoms with van der Waals surface area (Å²) in [5, 5.41) is 3.36. The van der Waals surface area contributed by atoms with Crippen LogP contribution >= 0.6 is 0 Å². The molecule has 3 N–H and O–H groups in total. The highest BCUT2D eigenvalue weighted by Gasteiger charge is 2.03. The molecular formula is C11H26N2. The second-order valence-corrected chi connectivity index (χ2v) is 4.65. The zero-order chi connectivity index (χ0) is 10.3. The Labute approximate surface area is 83.3 Å². The average Bonchev–Trinajstić information content (AvgIpc) is 2.00. The lowest BCUT2D eigenvalue weighted by molar-refractivity contribution is 0.462. The van der Waals surface area contributed by atoms with Crippen molar-refractivity contribution < 1.29 is 0 Å². The second-order valence-electron chi connectivity index (χ2n) is 4.65. The Bertz CT molecular complexity index is 111. The van der Waals surface area contributed by atoms with Crippen LogP contribution in [0.1, 0.15) is 47.0 Å². The van der Waals surface area contributed by atoms with Gasteiger partial charge in [0.1, 0.15) is 0 Å². The molecule has 80 valence electrons. The van der Waals surface area contributed by atoms with Crippen LogP contribution in [0.5, 0.6) is 0 Å². The van der Waals surface area contributed by atoms with Crippen molar-refractivity contribution in [2.75, 3.05) is 6.54 Å². The Morgan fingerprint density at radius 3 is 2.15 bits per heavy atom. The fraction of sp³-hybridized carbons (Fsp3) is 1.00. The molecular weight excluding hydrogens is 160 g/mol. The van der Waals surface area contributed by atoms with Crippen LogP contribution in [0.15, 0.2) is 0 Å². The maximum absolute atomic E-state index is 5.95. The molecule has 0 saturated heterocycles. The van der Waals surface area contributed by atoms with E-state index in [4.69, 9.17) is 5.73 Å². The van der Waals surface area contributed by atoms with E-state index in [0.717, 1.165) is 18.9 Å². The van der Waals surface area contributed by atoms with Gasteiger partial charge < -0.3 is 11.1 Å². The van der Waals surface area contributed by atoms with E-state index in [0.29, 0.717) is 12.1 Å². The maximum Gasteiger partial charge on any atom is 0.0165 e. The molecule has 0 aromatic carbocycles. The van der Waals surface area contributed by atoms with Crippen molar-refractivity contribution >= 4 is 0 Å².